The molecule has 0 aliphatic heterocycles. The smallest absolute Gasteiger partial charge is 0.315 e. The maximum absolute atomic E-state index is 11.9. The topological polar surface area (TPSA) is 86.6 Å². The Bertz CT molecular complexity index is 696. The summed E-state index contributed by atoms with van der Waals surface area (Å²) < 4.78 is 5.10. The zero-order chi connectivity index (χ0) is 17.5. The number of nitrogens with one attached hydrogen (secondary N) is 3. The fourth-order valence-corrected chi connectivity index (χ4v) is 2.24. The number of hydrogen-bond acceptors (Lipinski definition) is 4. The van der Waals surface area contributed by atoms with Gasteiger partial charge in [0.1, 0.15) is 5.76 Å². The third-order valence-electron chi connectivity index (χ3n) is 3.38. The highest BCUT2D eigenvalue weighted by Crippen LogP contribution is 2.21. The first-order valence-electron chi connectivity index (χ1n) is 7.57. The van der Waals surface area contributed by atoms with Gasteiger partial charge in [0.15, 0.2) is 0 Å². The molecular weight excluding hydrogens is 308 g/mol. The van der Waals surface area contributed by atoms with Gasteiger partial charge in [-0.2, -0.15) is 0 Å². The Labute approximate surface area is 141 Å². The Hall–Kier alpha value is -2.96. The minimum atomic E-state index is -0.430. The van der Waals surface area contributed by atoms with Crippen LogP contribution in [-0.2, 0) is 11.3 Å². The van der Waals surface area contributed by atoms with E-state index in [1.165, 1.54) is 6.26 Å². The Morgan fingerprint density at radius 3 is 2.58 bits per heavy atom. The summed E-state index contributed by atoms with van der Waals surface area (Å²) in [5.41, 5.74) is 2.84. The summed E-state index contributed by atoms with van der Waals surface area (Å²) in [5.74, 6) is 0.353. The Kier molecular flexibility index (Phi) is 5.83. The molecule has 0 spiro atoms. The van der Waals surface area contributed by atoms with Crippen LogP contribution in [-0.4, -0.2) is 32.6 Å². The van der Waals surface area contributed by atoms with E-state index in [1.807, 2.05) is 44.1 Å². The van der Waals surface area contributed by atoms with Crippen LogP contribution in [0.1, 0.15) is 11.3 Å². The standard InChI is InChI=1S/C17H22N4O3/c1-12-9-13(6-7-15(12)21(2)3)20-16(22)11-19-17(23)18-10-14-5-4-8-24-14/h4-9H,10-11H2,1-3H3,(H,20,22)(H2,18,19,23). The lowest BCUT2D eigenvalue weighted by atomic mass is 10.1. The number of urea groups is 1. The lowest BCUT2D eigenvalue weighted by molar-refractivity contribution is -0.115. The average Bonchev–Trinajstić information content (AvgIpc) is 3.04. The highest BCUT2D eigenvalue weighted by molar-refractivity contribution is 5.94. The molecule has 0 aliphatic rings. The molecule has 0 radical (unpaired) electrons. The van der Waals surface area contributed by atoms with Crippen LogP contribution >= 0.6 is 0 Å². The second kappa shape index (κ2) is 8.05. The van der Waals surface area contributed by atoms with Crippen molar-refractivity contribution in [2.24, 2.45) is 0 Å². The summed E-state index contributed by atoms with van der Waals surface area (Å²) in [7, 11) is 3.93. The predicted octanol–water partition coefficient (Wildman–Crippen LogP) is 2.09. The normalized spacial score (nSPS) is 10.1. The third-order valence-corrected chi connectivity index (χ3v) is 3.38. The van der Waals surface area contributed by atoms with E-state index in [9.17, 15) is 9.59 Å². The summed E-state index contributed by atoms with van der Waals surface area (Å²) in [6.45, 7) is 2.13. The van der Waals surface area contributed by atoms with E-state index in [2.05, 4.69) is 16.0 Å². The molecule has 0 aliphatic carbocycles. The molecule has 7 nitrogen and oxygen atoms in total. The maximum Gasteiger partial charge on any atom is 0.315 e. The van der Waals surface area contributed by atoms with Gasteiger partial charge in [0.25, 0.3) is 0 Å². The van der Waals surface area contributed by atoms with Gasteiger partial charge in [0.05, 0.1) is 19.4 Å². The second-order valence-electron chi connectivity index (χ2n) is 5.56. The van der Waals surface area contributed by atoms with Crippen LogP contribution in [0.15, 0.2) is 41.0 Å². The molecule has 0 saturated heterocycles. The van der Waals surface area contributed by atoms with Crippen molar-refractivity contribution in [3.8, 4) is 0 Å². The summed E-state index contributed by atoms with van der Waals surface area (Å²) in [4.78, 5) is 25.5. The fourth-order valence-electron chi connectivity index (χ4n) is 2.24. The van der Waals surface area contributed by atoms with Crippen molar-refractivity contribution >= 4 is 23.3 Å². The van der Waals surface area contributed by atoms with Gasteiger partial charge in [-0.3, -0.25) is 4.79 Å². The van der Waals surface area contributed by atoms with Crippen LogP contribution in [0.3, 0.4) is 0 Å². The number of amides is 3. The molecule has 128 valence electrons. The number of benzene rings is 1. The zero-order valence-corrected chi connectivity index (χ0v) is 14.1. The molecule has 1 aromatic heterocycles. The van der Waals surface area contributed by atoms with E-state index in [1.54, 1.807) is 12.1 Å². The zero-order valence-electron chi connectivity index (χ0n) is 14.1. The number of aryl methyl sites for hydroxylation is 1. The lowest BCUT2D eigenvalue weighted by Crippen LogP contribution is -2.39. The second-order valence-corrected chi connectivity index (χ2v) is 5.56. The van der Waals surface area contributed by atoms with Crippen molar-refractivity contribution in [1.82, 2.24) is 10.6 Å². The number of hydrogen-bond donors (Lipinski definition) is 3. The van der Waals surface area contributed by atoms with Crippen LogP contribution in [0.5, 0.6) is 0 Å². The number of nitrogens with zero attached hydrogens (tertiary/aromatic N) is 1. The molecule has 3 amide bonds. The number of carbonyl (C=O) groups is 2. The van der Waals surface area contributed by atoms with E-state index in [0.29, 0.717) is 11.4 Å². The Balaban J connectivity index is 1.76. The Morgan fingerprint density at radius 1 is 1.17 bits per heavy atom. The highest BCUT2D eigenvalue weighted by Gasteiger charge is 2.08. The number of carbonyl (C=O) groups excluding carboxylic acids is 2. The molecule has 0 fully saturated rings. The summed E-state index contributed by atoms with van der Waals surface area (Å²) in [6, 6.07) is 8.73. The molecule has 0 unspecified atom stereocenters. The van der Waals surface area contributed by atoms with Crippen LogP contribution in [0.2, 0.25) is 0 Å². The molecule has 7 heteroatoms. The lowest BCUT2D eigenvalue weighted by Gasteiger charge is -2.16. The number of anilines is 2. The van der Waals surface area contributed by atoms with Gasteiger partial charge in [-0.1, -0.05) is 0 Å². The molecule has 2 rings (SSSR count). The fraction of sp³-hybridized carbons (Fsp3) is 0.294. The SMILES string of the molecule is Cc1cc(NC(=O)CNC(=O)NCc2ccco2)ccc1N(C)C. The third kappa shape index (κ3) is 5.05. The van der Waals surface area contributed by atoms with Gasteiger partial charge >= 0.3 is 6.03 Å². The molecular formula is C17H22N4O3. The van der Waals surface area contributed by atoms with Crippen molar-refractivity contribution in [3.63, 3.8) is 0 Å². The van der Waals surface area contributed by atoms with Crippen LogP contribution in [0.4, 0.5) is 16.2 Å². The van der Waals surface area contributed by atoms with Crippen LogP contribution < -0.4 is 20.9 Å². The largest absolute Gasteiger partial charge is 0.467 e. The minimum absolute atomic E-state index is 0.113. The van der Waals surface area contributed by atoms with E-state index in [-0.39, 0.29) is 19.0 Å². The van der Waals surface area contributed by atoms with E-state index >= 15 is 0 Å². The van der Waals surface area contributed by atoms with Crippen molar-refractivity contribution in [2.45, 2.75) is 13.5 Å². The van der Waals surface area contributed by atoms with Crippen molar-refractivity contribution in [1.29, 1.82) is 0 Å². The maximum atomic E-state index is 11.9. The van der Waals surface area contributed by atoms with Crippen molar-refractivity contribution in [2.75, 3.05) is 30.9 Å². The first-order valence-corrected chi connectivity index (χ1v) is 7.57. The molecule has 0 bridgehead atoms. The summed E-state index contributed by atoms with van der Waals surface area (Å²) in [6.07, 6.45) is 1.53. The molecule has 1 aromatic carbocycles. The quantitative estimate of drug-likeness (QED) is 0.757. The van der Waals surface area contributed by atoms with Gasteiger partial charge < -0.3 is 25.3 Å². The molecule has 3 N–H and O–H groups in total. The van der Waals surface area contributed by atoms with Gasteiger partial charge in [-0.25, -0.2) is 4.79 Å². The average molecular weight is 330 g/mol. The Morgan fingerprint density at radius 2 is 1.96 bits per heavy atom. The van der Waals surface area contributed by atoms with Crippen molar-refractivity contribution in [3.05, 3.63) is 47.9 Å². The van der Waals surface area contributed by atoms with E-state index in [0.717, 1.165) is 11.3 Å². The predicted molar refractivity (Wildman–Crippen MR) is 93.1 cm³/mol. The van der Waals surface area contributed by atoms with E-state index in [4.69, 9.17) is 4.42 Å². The van der Waals surface area contributed by atoms with Crippen LogP contribution in [0, 0.1) is 6.92 Å². The molecule has 2 aromatic rings. The van der Waals surface area contributed by atoms with Crippen LogP contribution in [0.25, 0.3) is 0 Å². The first kappa shape index (κ1) is 17.4. The van der Waals surface area contributed by atoms with Gasteiger partial charge in [-0.05, 0) is 42.8 Å². The van der Waals surface area contributed by atoms with Gasteiger partial charge in [0.2, 0.25) is 5.91 Å². The monoisotopic (exact) mass is 330 g/mol. The minimum Gasteiger partial charge on any atom is -0.467 e. The highest BCUT2D eigenvalue weighted by atomic mass is 16.3. The van der Waals surface area contributed by atoms with Gasteiger partial charge in [-0.15, -0.1) is 0 Å². The molecule has 0 atom stereocenters. The van der Waals surface area contributed by atoms with Gasteiger partial charge in [0, 0.05) is 25.5 Å². The molecule has 1 heterocycles. The number of furan rings is 1. The number of rotatable bonds is 6. The summed E-state index contributed by atoms with van der Waals surface area (Å²) in [5, 5.41) is 7.86. The summed E-state index contributed by atoms with van der Waals surface area (Å²) >= 11 is 0. The van der Waals surface area contributed by atoms with E-state index < -0.39 is 6.03 Å². The first-order chi connectivity index (χ1) is 11.5. The molecule has 0 saturated carbocycles. The van der Waals surface area contributed by atoms with Crippen molar-refractivity contribution < 1.29 is 14.0 Å². The molecule has 24 heavy (non-hydrogen) atoms.